The number of benzene rings is 1. The van der Waals surface area contributed by atoms with Crippen molar-refractivity contribution in [2.75, 3.05) is 19.7 Å². The molecule has 1 aliphatic rings. The molecule has 1 heterocycles. The molecule has 2 rings (SSSR count). The molecule has 1 atom stereocenters. The number of hydrogen-bond donors (Lipinski definition) is 1. The van der Waals surface area contributed by atoms with Crippen molar-refractivity contribution in [2.24, 2.45) is 4.99 Å². The van der Waals surface area contributed by atoms with Gasteiger partial charge >= 0.3 is 0 Å². The van der Waals surface area contributed by atoms with Crippen molar-refractivity contribution in [1.29, 1.82) is 0 Å². The van der Waals surface area contributed by atoms with Crippen molar-refractivity contribution < 1.29 is 9.13 Å². The van der Waals surface area contributed by atoms with Gasteiger partial charge in [0.2, 0.25) is 0 Å². The van der Waals surface area contributed by atoms with Crippen LogP contribution in [0.1, 0.15) is 25.0 Å². The molecule has 4 heteroatoms. The number of nitrogens with one attached hydrogen (secondary N) is 1. The molecule has 0 radical (unpaired) electrons. The van der Waals surface area contributed by atoms with E-state index in [9.17, 15) is 4.39 Å². The Labute approximate surface area is 101 Å². The van der Waals surface area contributed by atoms with E-state index in [4.69, 9.17) is 4.74 Å². The summed E-state index contributed by atoms with van der Waals surface area (Å²) in [6, 6.07) is 6.49. The Hall–Kier alpha value is -1.42. The maximum Gasteiger partial charge on any atom is 0.139 e. The molecule has 0 saturated carbocycles. The molecule has 0 unspecified atom stereocenters. The normalized spacial score (nSPS) is 17.2. The average molecular weight is 236 g/mol. The van der Waals surface area contributed by atoms with Crippen molar-refractivity contribution in [3.63, 3.8) is 0 Å². The molecule has 0 spiro atoms. The van der Waals surface area contributed by atoms with Crippen LogP contribution < -0.4 is 5.32 Å². The lowest BCUT2D eigenvalue weighted by atomic mass is 10.1. The highest BCUT2D eigenvalue weighted by Crippen LogP contribution is 2.20. The van der Waals surface area contributed by atoms with E-state index >= 15 is 0 Å². The predicted octanol–water partition coefficient (Wildman–Crippen LogP) is 2.30. The summed E-state index contributed by atoms with van der Waals surface area (Å²) < 4.78 is 18.9. The number of halogens is 1. The summed E-state index contributed by atoms with van der Waals surface area (Å²) in [5, 5.41) is 3.22. The Morgan fingerprint density at radius 1 is 1.53 bits per heavy atom. The zero-order valence-corrected chi connectivity index (χ0v) is 9.95. The third kappa shape index (κ3) is 3.03. The molecule has 1 aromatic carbocycles. The Morgan fingerprint density at radius 2 is 2.41 bits per heavy atom. The summed E-state index contributed by atoms with van der Waals surface area (Å²) in [7, 11) is 0. The first-order valence-corrected chi connectivity index (χ1v) is 5.96. The van der Waals surface area contributed by atoms with Gasteiger partial charge < -0.3 is 10.1 Å². The number of nitrogens with zero attached hydrogens (tertiary/aromatic N) is 1. The third-order valence-electron chi connectivity index (χ3n) is 2.66. The van der Waals surface area contributed by atoms with E-state index in [0.29, 0.717) is 6.61 Å². The van der Waals surface area contributed by atoms with Crippen LogP contribution in [-0.4, -0.2) is 25.5 Å². The Kier molecular flexibility index (Phi) is 4.09. The summed E-state index contributed by atoms with van der Waals surface area (Å²) in [6.45, 7) is 4.20. The highest BCUT2D eigenvalue weighted by Gasteiger charge is 2.20. The smallest absolute Gasteiger partial charge is 0.139 e. The van der Waals surface area contributed by atoms with E-state index in [1.807, 2.05) is 13.0 Å². The van der Waals surface area contributed by atoms with Gasteiger partial charge in [-0.15, -0.1) is 0 Å². The van der Waals surface area contributed by atoms with Crippen LogP contribution in [0.5, 0.6) is 0 Å². The molecule has 1 aromatic rings. The second-order valence-electron chi connectivity index (χ2n) is 3.94. The van der Waals surface area contributed by atoms with E-state index in [2.05, 4.69) is 10.3 Å². The molecular formula is C13H17FN2O. The van der Waals surface area contributed by atoms with E-state index in [-0.39, 0.29) is 11.9 Å². The molecule has 0 saturated heterocycles. The van der Waals surface area contributed by atoms with Gasteiger partial charge in [0, 0.05) is 19.7 Å². The lowest BCUT2D eigenvalue weighted by Crippen LogP contribution is -2.35. The highest BCUT2D eigenvalue weighted by molar-refractivity contribution is 5.88. The maximum absolute atomic E-state index is 13.2. The van der Waals surface area contributed by atoms with Crippen molar-refractivity contribution in [3.8, 4) is 0 Å². The monoisotopic (exact) mass is 236 g/mol. The van der Waals surface area contributed by atoms with Crippen LogP contribution in [0, 0.1) is 5.82 Å². The van der Waals surface area contributed by atoms with Crippen LogP contribution in [0.15, 0.2) is 29.3 Å². The van der Waals surface area contributed by atoms with E-state index in [1.54, 1.807) is 6.07 Å². The fourth-order valence-corrected chi connectivity index (χ4v) is 1.90. The molecule has 0 aliphatic carbocycles. The van der Waals surface area contributed by atoms with Gasteiger partial charge in [0.05, 0.1) is 0 Å². The molecular weight excluding hydrogens is 219 g/mol. The minimum atomic E-state index is -0.281. The molecule has 0 fully saturated rings. The molecule has 1 aliphatic heterocycles. The lowest BCUT2D eigenvalue weighted by Gasteiger charge is -2.23. The molecule has 1 N–H and O–H groups in total. The first-order chi connectivity index (χ1) is 8.31. The van der Waals surface area contributed by atoms with Gasteiger partial charge in [0.1, 0.15) is 17.8 Å². The summed E-state index contributed by atoms with van der Waals surface area (Å²) in [5.41, 5.74) is 0.806. The van der Waals surface area contributed by atoms with Gasteiger partial charge in [-0.05, 0) is 31.0 Å². The van der Waals surface area contributed by atoms with Gasteiger partial charge in [0.15, 0.2) is 0 Å². The van der Waals surface area contributed by atoms with Crippen molar-refractivity contribution >= 4 is 5.84 Å². The fourth-order valence-electron chi connectivity index (χ4n) is 1.90. The van der Waals surface area contributed by atoms with Crippen molar-refractivity contribution in [3.05, 3.63) is 35.6 Å². The highest BCUT2D eigenvalue weighted by atomic mass is 19.1. The lowest BCUT2D eigenvalue weighted by molar-refractivity contribution is 0.107. The largest absolute Gasteiger partial charge is 0.371 e. The average Bonchev–Trinajstić information content (AvgIpc) is 2.37. The summed E-state index contributed by atoms with van der Waals surface area (Å²) in [5.74, 6) is 0.562. The van der Waals surface area contributed by atoms with Gasteiger partial charge in [-0.25, -0.2) is 4.39 Å². The first kappa shape index (κ1) is 12.0. The summed E-state index contributed by atoms with van der Waals surface area (Å²) >= 11 is 0. The van der Waals surface area contributed by atoms with Gasteiger partial charge in [-0.2, -0.15) is 0 Å². The first-order valence-electron chi connectivity index (χ1n) is 5.96. The number of aliphatic imine (C=N–C) groups is 1. The Balaban J connectivity index is 2.24. The van der Waals surface area contributed by atoms with Gasteiger partial charge in [0.25, 0.3) is 0 Å². The zero-order chi connectivity index (χ0) is 12.1. The van der Waals surface area contributed by atoms with E-state index in [0.717, 1.165) is 30.9 Å². The number of amidine groups is 1. The second kappa shape index (κ2) is 5.77. The number of ether oxygens (including phenoxy) is 1. The Bertz CT molecular complexity index is 406. The topological polar surface area (TPSA) is 33.6 Å². The molecule has 92 valence electrons. The second-order valence-corrected chi connectivity index (χ2v) is 3.94. The minimum absolute atomic E-state index is 0.247. The third-order valence-corrected chi connectivity index (χ3v) is 2.66. The van der Waals surface area contributed by atoms with Crippen LogP contribution in [0.2, 0.25) is 0 Å². The van der Waals surface area contributed by atoms with E-state index in [1.165, 1.54) is 12.1 Å². The number of hydrogen-bond acceptors (Lipinski definition) is 3. The summed E-state index contributed by atoms with van der Waals surface area (Å²) in [4.78, 5) is 4.41. The van der Waals surface area contributed by atoms with E-state index < -0.39 is 0 Å². The quantitative estimate of drug-likeness (QED) is 0.870. The van der Waals surface area contributed by atoms with Crippen LogP contribution in [0.25, 0.3) is 0 Å². The van der Waals surface area contributed by atoms with Gasteiger partial charge in [-0.3, -0.25) is 4.99 Å². The number of rotatable bonds is 4. The SMILES string of the molecule is CCO[C@H](C1=NCCCN1)c1cccc(F)c1. The summed E-state index contributed by atoms with van der Waals surface area (Å²) in [6.07, 6.45) is 0.752. The minimum Gasteiger partial charge on any atom is -0.371 e. The maximum atomic E-state index is 13.2. The molecule has 0 aromatic heterocycles. The molecule has 0 amide bonds. The molecule has 17 heavy (non-hydrogen) atoms. The standard InChI is InChI=1S/C13H17FN2O/c1-2-17-12(13-15-7-4-8-16-13)10-5-3-6-11(14)9-10/h3,5-6,9,12H,2,4,7-8H2,1H3,(H,15,16)/t12-/m0/s1. The van der Waals surface area contributed by atoms with Crippen molar-refractivity contribution in [2.45, 2.75) is 19.4 Å². The predicted molar refractivity (Wildman–Crippen MR) is 65.7 cm³/mol. The van der Waals surface area contributed by atoms with Gasteiger partial charge in [-0.1, -0.05) is 12.1 Å². The zero-order valence-electron chi connectivity index (χ0n) is 9.95. The molecule has 0 bridgehead atoms. The van der Waals surface area contributed by atoms with Crippen LogP contribution in [-0.2, 0) is 4.74 Å². The van der Waals surface area contributed by atoms with Crippen LogP contribution in [0.3, 0.4) is 0 Å². The van der Waals surface area contributed by atoms with Crippen LogP contribution >= 0.6 is 0 Å². The van der Waals surface area contributed by atoms with Crippen molar-refractivity contribution in [1.82, 2.24) is 5.32 Å². The fraction of sp³-hybridized carbons (Fsp3) is 0.462. The van der Waals surface area contributed by atoms with Crippen LogP contribution in [0.4, 0.5) is 4.39 Å². The Morgan fingerprint density at radius 3 is 3.06 bits per heavy atom. The molecule has 3 nitrogen and oxygen atoms in total.